The molecule has 0 spiro atoms. The van der Waals surface area contributed by atoms with Crippen molar-refractivity contribution in [3.63, 3.8) is 0 Å². The molecule has 23 heavy (non-hydrogen) atoms. The molecule has 116 valence electrons. The van der Waals surface area contributed by atoms with Gasteiger partial charge in [0.25, 0.3) is 0 Å². The number of phenolic OH excluding ortho intramolecular Hbond substituents is 1. The van der Waals surface area contributed by atoms with E-state index in [-0.39, 0.29) is 5.75 Å². The molecule has 0 aliphatic carbocycles. The molecule has 7 nitrogen and oxygen atoms in total. The maximum atomic E-state index is 11.9. The zero-order chi connectivity index (χ0) is 16.2. The summed E-state index contributed by atoms with van der Waals surface area (Å²) in [5, 5.41) is 16.1. The largest absolute Gasteiger partial charge is 0.508 e. The number of benzene rings is 2. The minimum Gasteiger partial charge on any atom is -0.508 e. The van der Waals surface area contributed by atoms with Gasteiger partial charge < -0.3 is 10.4 Å². The highest BCUT2D eigenvalue weighted by atomic mass is 32.1. The van der Waals surface area contributed by atoms with Crippen molar-refractivity contribution in [3.05, 3.63) is 47.5 Å². The van der Waals surface area contributed by atoms with Crippen LogP contribution in [0.4, 0.5) is 10.5 Å². The van der Waals surface area contributed by atoms with Crippen LogP contribution in [0.3, 0.4) is 0 Å². The van der Waals surface area contributed by atoms with Gasteiger partial charge in [-0.15, -0.1) is 0 Å². The zero-order valence-electron chi connectivity index (χ0n) is 12.1. The number of carbonyl (C=O) groups is 1. The normalized spacial score (nSPS) is 11.0. The van der Waals surface area contributed by atoms with Crippen LogP contribution in [0.5, 0.6) is 5.75 Å². The highest BCUT2D eigenvalue weighted by molar-refractivity contribution is 7.00. The predicted molar refractivity (Wildman–Crippen MR) is 90.0 cm³/mol. The Balaban J connectivity index is 1.64. The van der Waals surface area contributed by atoms with Gasteiger partial charge in [0.2, 0.25) is 0 Å². The number of nitrogens with zero attached hydrogens (tertiary/aromatic N) is 3. The molecule has 1 aromatic heterocycles. The number of hydrogen-bond acceptors (Lipinski definition) is 6. The van der Waals surface area contributed by atoms with E-state index in [1.807, 2.05) is 6.07 Å². The number of aryl methyl sites for hydroxylation is 1. The summed E-state index contributed by atoms with van der Waals surface area (Å²) in [6.45, 7) is 1.80. The average Bonchev–Trinajstić information content (AvgIpc) is 3.00. The van der Waals surface area contributed by atoms with Crippen LogP contribution in [0, 0.1) is 6.92 Å². The summed E-state index contributed by atoms with van der Waals surface area (Å²) < 4.78 is 8.25. The van der Waals surface area contributed by atoms with Crippen LogP contribution in [0.1, 0.15) is 11.1 Å². The molecule has 1 heterocycles. The third kappa shape index (κ3) is 3.43. The van der Waals surface area contributed by atoms with E-state index in [1.54, 1.807) is 37.3 Å². The Labute approximate surface area is 136 Å². The van der Waals surface area contributed by atoms with E-state index in [2.05, 4.69) is 24.6 Å². The number of hydrazone groups is 1. The van der Waals surface area contributed by atoms with Crippen LogP contribution in [0.15, 0.2) is 41.5 Å². The first kappa shape index (κ1) is 14.9. The number of nitrogens with one attached hydrogen (secondary N) is 2. The Hall–Kier alpha value is -3.00. The van der Waals surface area contributed by atoms with Crippen LogP contribution in [0.2, 0.25) is 0 Å². The topological polar surface area (TPSA) is 99.5 Å². The molecule has 3 aromatic rings. The van der Waals surface area contributed by atoms with Crippen molar-refractivity contribution in [1.29, 1.82) is 0 Å². The number of anilines is 1. The van der Waals surface area contributed by atoms with Crippen molar-refractivity contribution < 1.29 is 9.90 Å². The molecule has 0 atom stereocenters. The third-order valence-electron chi connectivity index (χ3n) is 3.15. The fourth-order valence-electron chi connectivity index (χ4n) is 1.93. The summed E-state index contributed by atoms with van der Waals surface area (Å²) in [4.78, 5) is 11.9. The van der Waals surface area contributed by atoms with Gasteiger partial charge in [-0.1, -0.05) is 18.2 Å². The van der Waals surface area contributed by atoms with Crippen LogP contribution in [0.25, 0.3) is 11.0 Å². The number of aromatic nitrogens is 2. The van der Waals surface area contributed by atoms with Crippen molar-refractivity contribution >= 4 is 40.7 Å². The molecule has 0 aliphatic rings. The summed E-state index contributed by atoms with van der Waals surface area (Å²) in [6, 6.07) is 10.00. The number of amides is 2. The fourth-order valence-corrected chi connectivity index (χ4v) is 2.48. The molecule has 0 fully saturated rings. The maximum Gasteiger partial charge on any atom is 0.339 e. The molecule has 8 heteroatoms. The highest BCUT2D eigenvalue weighted by Gasteiger charge is 2.07. The SMILES string of the molecule is Cc1ccc(/C=N/NC(=O)Nc2cccc3nsnc23)cc1O. The maximum absolute atomic E-state index is 11.9. The standard InChI is InChI=1S/C15H13N5O2S/c1-9-5-6-10(7-13(9)21)8-16-18-15(22)17-11-3-2-4-12-14(11)20-23-19-12/h2-8,21H,1H3,(H2,17,18,22)/b16-8+. The molecule has 3 rings (SSSR count). The number of phenols is 1. The van der Waals surface area contributed by atoms with Gasteiger partial charge in [-0.2, -0.15) is 13.8 Å². The van der Waals surface area contributed by atoms with Crippen LogP contribution >= 0.6 is 11.7 Å². The minimum atomic E-state index is -0.488. The van der Waals surface area contributed by atoms with Gasteiger partial charge in [-0.25, -0.2) is 10.2 Å². The van der Waals surface area contributed by atoms with Crippen molar-refractivity contribution in [1.82, 2.24) is 14.2 Å². The molecule has 2 amide bonds. The molecule has 0 saturated heterocycles. The Morgan fingerprint density at radius 1 is 1.30 bits per heavy atom. The van der Waals surface area contributed by atoms with Gasteiger partial charge in [-0.05, 0) is 36.2 Å². The van der Waals surface area contributed by atoms with E-state index in [0.29, 0.717) is 16.8 Å². The number of aromatic hydroxyl groups is 1. The number of fused-ring (bicyclic) bond motifs is 1. The average molecular weight is 327 g/mol. The van der Waals surface area contributed by atoms with Crippen LogP contribution in [-0.4, -0.2) is 26.1 Å². The molecule has 0 unspecified atom stereocenters. The quantitative estimate of drug-likeness (QED) is 0.509. The van der Waals surface area contributed by atoms with E-state index in [4.69, 9.17) is 0 Å². The monoisotopic (exact) mass is 327 g/mol. The molecule has 0 saturated carbocycles. The van der Waals surface area contributed by atoms with E-state index >= 15 is 0 Å². The summed E-state index contributed by atoms with van der Waals surface area (Å²) in [5.74, 6) is 0.182. The van der Waals surface area contributed by atoms with Crippen molar-refractivity contribution in [2.45, 2.75) is 6.92 Å². The lowest BCUT2D eigenvalue weighted by Crippen LogP contribution is -2.24. The predicted octanol–water partition coefficient (Wildman–Crippen LogP) is 2.86. The second-order valence-electron chi connectivity index (χ2n) is 4.81. The zero-order valence-corrected chi connectivity index (χ0v) is 13.0. The molecule has 0 radical (unpaired) electrons. The van der Waals surface area contributed by atoms with E-state index < -0.39 is 6.03 Å². The third-order valence-corrected chi connectivity index (χ3v) is 3.69. The van der Waals surface area contributed by atoms with Gasteiger partial charge in [0.05, 0.1) is 23.6 Å². The summed E-state index contributed by atoms with van der Waals surface area (Å²) in [5.41, 5.74) is 5.75. The number of rotatable bonds is 3. The van der Waals surface area contributed by atoms with Gasteiger partial charge in [0.1, 0.15) is 16.8 Å². The Morgan fingerprint density at radius 2 is 2.17 bits per heavy atom. The number of hydrogen-bond donors (Lipinski definition) is 3. The van der Waals surface area contributed by atoms with E-state index in [0.717, 1.165) is 22.8 Å². The van der Waals surface area contributed by atoms with Gasteiger partial charge in [0, 0.05) is 0 Å². The van der Waals surface area contributed by atoms with Crippen LogP contribution in [-0.2, 0) is 0 Å². The van der Waals surface area contributed by atoms with E-state index in [9.17, 15) is 9.90 Å². The first-order chi connectivity index (χ1) is 11.1. The summed E-state index contributed by atoms with van der Waals surface area (Å²) >= 11 is 1.09. The van der Waals surface area contributed by atoms with Crippen molar-refractivity contribution in [2.24, 2.45) is 5.10 Å². The highest BCUT2D eigenvalue weighted by Crippen LogP contribution is 2.20. The first-order valence-corrected chi connectivity index (χ1v) is 7.47. The second-order valence-corrected chi connectivity index (χ2v) is 5.34. The number of urea groups is 1. The van der Waals surface area contributed by atoms with Gasteiger partial charge in [-0.3, -0.25) is 0 Å². The first-order valence-electron chi connectivity index (χ1n) is 6.74. The molecule has 2 aromatic carbocycles. The fraction of sp³-hybridized carbons (Fsp3) is 0.0667. The van der Waals surface area contributed by atoms with Gasteiger partial charge >= 0.3 is 6.03 Å². The number of carbonyl (C=O) groups excluding carboxylic acids is 1. The Kier molecular flexibility index (Phi) is 4.15. The van der Waals surface area contributed by atoms with Crippen LogP contribution < -0.4 is 10.7 Å². The molecular formula is C15H13N5O2S. The molecule has 3 N–H and O–H groups in total. The lowest BCUT2D eigenvalue weighted by atomic mass is 10.1. The minimum absolute atomic E-state index is 0.182. The lowest BCUT2D eigenvalue weighted by molar-refractivity contribution is 0.252. The smallest absolute Gasteiger partial charge is 0.339 e. The molecular weight excluding hydrogens is 314 g/mol. The lowest BCUT2D eigenvalue weighted by Gasteiger charge is -2.04. The summed E-state index contributed by atoms with van der Waals surface area (Å²) in [7, 11) is 0. The van der Waals surface area contributed by atoms with Crippen molar-refractivity contribution in [2.75, 3.05) is 5.32 Å². The Bertz CT molecular complexity index is 890. The molecule has 0 bridgehead atoms. The second kappa shape index (κ2) is 6.41. The summed E-state index contributed by atoms with van der Waals surface area (Å²) in [6.07, 6.45) is 1.45. The van der Waals surface area contributed by atoms with Crippen molar-refractivity contribution in [3.8, 4) is 5.75 Å². The van der Waals surface area contributed by atoms with Gasteiger partial charge in [0.15, 0.2) is 0 Å². The van der Waals surface area contributed by atoms with E-state index in [1.165, 1.54) is 6.21 Å². The Morgan fingerprint density at radius 3 is 3.00 bits per heavy atom. The molecule has 0 aliphatic heterocycles.